The van der Waals surface area contributed by atoms with Gasteiger partial charge in [0.2, 0.25) is 15.9 Å². The Morgan fingerprint density at radius 3 is 2.51 bits per heavy atom. The minimum absolute atomic E-state index is 0.0361. The number of hydrogen-bond donors (Lipinski definition) is 2. The quantitative estimate of drug-likeness (QED) is 0.245. The Balaban J connectivity index is 1.39. The summed E-state index contributed by atoms with van der Waals surface area (Å²) in [5.74, 6) is -0.259. The highest BCUT2D eigenvalue weighted by molar-refractivity contribution is 7.90. The van der Waals surface area contributed by atoms with Gasteiger partial charge in [0, 0.05) is 35.2 Å². The Kier molecular flexibility index (Phi) is 9.59. The molecule has 1 aromatic carbocycles. The molecule has 264 valence electrons. The first-order valence-corrected chi connectivity index (χ1v) is 18.3. The minimum Gasteiger partial charge on any atom is -0.497 e. The number of urea groups is 1. The zero-order valence-corrected chi connectivity index (χ0v) is 28.7. The highest BCUT2D eigenvalue weighted by Crippen LogP contribution is 2.41. The molecule has 4 amide bonds. The maximum atomic E-state index is 14.5. The summed E-state index contributed by atoms with van der Waals surface area (Å²) < 4.78 is 39.8. The molecule has 1 saturated heterocycles. The van der Waals surface area contributed by atoms with Crippen LogP contribution < -0.4 is 14.2 Å². The van der Waals surface area contributed by atoms with E-state index in [4.69, 9.17) is 14.5 Å². The predicted molar refractivity (Wildman–Crippen MR) is 178 cm³/mol. The van der Waals surface area contributed by atoms with E-state index in [0.29, 0.717) is 42.6 Å². The van der Waals surface area contributed by atoms with E-state index in [1.807, 2.05) is 12.1 Å². The van der Waals surface area contributed by atoms with Crippen molar-refractivity contribution in [2.24, 2.45) is 11.8 Å². The van der Waals surface area contributed by atoms with E-state index >= 15 is 0 Å². The zero-order chi connectivity index (χ0) is 35.2. The summed E-state index contributed by atoms with van der Waals surface area (Å²) in [4.78, 5) is 59.1. The van der Waals surface area contributed by atoms with Gasteiger partial charge in [-0.1, -0.05) is 19.9 Å². The number of nitrogens with one attached hydrogen (secondary N) is 1. The normalized spacial score (nSPS) is 24.1. The second-order valence-corrected chi connectivity index (χ2v) is 15.6. The number of ether oxygens (including phenoxy) is 2. The maximum absolute atomic E-state index is 14.5. The minimum atomic E-state index is -4.00. The number of benzene rings is 1. The number of methoxy groups -OCH3 is 1. The van der Waals surface area contributed by atoms with Crippen molar-refractivity contribution in [1.29, 1.82) is 0 Å². The number of carboxylic acid groups (broad SMARTS) is 1. The summed E-state index contributed by atoms with van der Waals surface area (Å²) >= 11 is 0. The number of carbonyl (C=O) groups excluding carboxylic acids is 3. The van der Waals surface area contributed by atoms with Crippen molar-refractivity contribution >= 4 is 45.2 Å². The van der Waals surface area contributed by atoms with Gasteiger partial charge in [-0.05, 0) is 68.9 Å². The monoisotopic (exact) mass is 697 g/mol. The van der Waals surface area contributed by atoms with Gasteiger partial charge in [0.15, 0.2) is 0 Å². The Morgan fingerprint density at radius 1 is 1.16 bits per heavy atom. The lowest BCUT2D eigenvalue weighted by Gasteiger charge is -2.39. The van der Waals surface area contributed by atoms with Crippen LogP contribution in [0.4, 0.5) is 9.59 Å². The van der Waals surface area contributed by atoms with Crippen molar-refractivity contribution in [1.82, 2.24) is 24.6 Å². The molecule has 5 atom stereocenters. The molecule has 2 heterocycles. The molecule has 15 heteroatoms. The van der Waals surface area contributed by atoms with Crippen LogP contribution >= 0.6 is 0 Å². The van der Waals surface area contributed by atoms with Crippen molar-refractivity contribution in [3.63, 3.8) is 0 Å². The molecule has 2 N–H and O–H groups in total. The third-order valence-electron chi connectivity index (χ3n) is 9.89. The Hall–Kier alpha value is -4.24. The summed E-state index contributed by atoms with van der Waals surface area (Å²) in [5.41, 5.74) is 2.53. The van der Waals surface area contributed by atoms with E-state index in [2.05, 4.69) is 11.3 Å². The fourth-order valence-electron chi connectivity index (χ4n) is 6.99. The van der Waals surface area contributed by atoms with Crippen LogP contribution in [0, 0.1) is 11.8 Å². The van der Waals surface area contributed by atoms with Gasteiger partial charge in [-0.25, -0.2) is 27.7 Å². The van der Waals surface area contributed by atoms with E-state index in [9.17, 15) is 32.7 Å². The first-order valence-electron chi connectivity index (χ1n) is 16.8. The van der Waals surface area contributed by atoms with Gasteiger partial charge >= 0.3 is 12.1 Å². The number of aldehydes is 1. The van der Waals surface area contributed by atoms with Crippen LogP contribution in [-0.2, 0) is 32.5 Å². The third kappa shape index (κ3) is 6.82. The first-order chi connectivity index (χ1) is 23.4. The Morgan fingerprint density at radius 2 is 1.90 bits per heavy atom. The molecule has 1 aromatic heterocycles. The van der Waals surface area contributed by atoms with Gasteiger partial charge in [-0.15, -0.1) is 6.58 Å². The van der Waals surface area contributed by atoms with Gasteiger partial charge in [-0.3, -0.25) is 14.7 Å². The van der Waals surface area contributed by atoms with Crippen molar-refractivity contribution < 1.29 is 42.2 Å². The molecule has 2 unspecified atom stereocenters. The van der Waals surface area contributed by atoms with Crippen LogP contribution in [0.3, 0.4) is 0 Å². The lowest BCUT2D eigenvalue weighted by molar-refractivity contribution is -0.144. The molecule has 14 nitrogen and oxygen atoms in total. The fourth-order valence-corrected chi connectivity index (χ4v) is 8.25. The van der Waals surface area contributed by atoms with Crippen molar-refractivity contribution in [3.05, 3.63) is 42.1 Å². The number of amides is 4. The number of hydrazine groups is 1. The van der Waals surface area contributed by atoms with Crippen LogP contribution in [0.1, 0.15) is 63.6 Å². The topological polar surface area (TPSA) is 176 Å². The number of aromatic nitrogens is 1. The molecule has 0 bridgehead atoms. The molecule has 3 fully saturated rings. The number of rotatable bonds is 12. The van der Waals surface area contributed by atoms with E-state index < -0.39 is 63.5 Å². The Bertz CT molecular complexity index is 1780. The number of aryl methyl sites for hydroxylation is 1. The molecule has 0 spiro atoms. The summed E-state index contributed by atoms with van der Waals surface area (Å²) in [7, 11) is -2.43. The van der Waals surface area contributed by atoms with Crippen molar-refractivity contribution in [2.75, 3.05) is 13.7 Å². The van der Waals surface area contributed by atoms with Crippen LogP contribution in [0.2, 0.25) is 0 Å². The number of hydrogen-bond acceptors (Lipinski definition) is 10. The lowest BCUT2D eigenvalue weighted by atomic mass is 9.93. The van der Waals surface area contributed by atoms with Gasteiger partial charge in [-0.2, -0.15) is 5.01 Å². The maximum Gasteiger partial charge on any atom is 0.422 e. The summed E-state index contributed by atoms with van der Waals surface area (Å²) in [6.07, 6.45) is 4.52. The number of nitrogens with zero attached hydrogens (tertiary/aromatic N) is 4. The molecular formula is C34H43N5O9S. The highest BCUT2D eigenvalue weighted by Gasteiger charge is 2.53. The molecular weight excluding hydrogens is 654 g/mol. The lowest BCUT2D eigenvalue weighted by Crippen LogP contribution is -2.61. The Labute approximate surface area is 285 Å². The SMILES string of the molecule is C=CC1CC1N(C(=O)NS(=O)(=O)C1CC1)C(=O)[C@@H]1C[C@@H](Oc2c3c(nc4cc(OC)ccc24)CCCC3)CN1N(C(=O)O)[C@H](C=O)C(C)C. The van der Waals surface area contributed by atoms with Crippen LogP contribution in [0.5, 0.6) is 11.5 Å². The second-order valence-electron chi connectivity index (χ2n) is 13.6. The second kappa shape index (κ2) is 13.6. The first kappa shape index (κ1) is 34.6. The average Bonchev–Trinajstić information content (AvgIpc) is 4.00. The molecule has 49 heavy (non-hydrogen) atoms. The van der Waals surface area contributed by atoms with Crippen molar-refractivity contribution in [3.8, 4) is 11.5 Å². The molecule has 6 rings (SSSR count). The molecule has 2 aromatic rings. The molecule has 0 radical (unpaired) electrons. The number of pyridine rings is 1. The van der Waals surface area contributed by atoms with E-state index in [1.54, 1.807) is 33.1 Å². The molecule has 1 aliphatic heterocycles. The molecule has 4 aliphatic rings. The van der Waals surface area contributed by atoms with Crippen LogP contribution in [0.15, 0.2) is 30.9 Å². The standard InChI is InChI=1S/C34H43N5O9S/c1-5-20-14-28(20)38(33(42)36-49(45,46)23-11-12-23)32(41)29-16-22(17-37(29)39(34(43)44)30(18-40)19(2)3)48-31-24-8-6-7-9-26(24)35-27-15-21(47-4)10-13-25(27)31/h5,10,13,15,18-20,22-23,28-30H,1,6-9,11-12,14,16-17H2,2-4H3,(H,36,42)(H,43,44)/t20?,22-,28?,29+,30-/m1/s1. The van der Waals surface area contributed by atoms with Gasteiger partial charge in [0.25, 0.3) is 0 Å². The number of imide groups is 1. The largest absolute Gasteiger partial charge is 0.497 e. The van der Waals surface area contributed by atoms with E-state index in [0.717, 1.165) is 52.2 Å². The third-order valence-corrected chi connectivity index (χ3v) is 11.7. The van der Waals surface area contributed by atoms with Gasteiger partial charge < -0.3 is 19.4 Å². The summed E-state index contributed by atoms with van der Waals surface area (Å²) in [6, 6.07) is 1.33. The van der Waals surface area contributed by atoms with Gasteiger partial charge in [0.1, 0.15) is 36.0 Å². The number of carbonyl (C=O) groups is 4. The highest BCUT2D eigenvalue weighted by atomic mass is 32.2. The predicted octanol–water partition coefficient (Wildman–Crippen LogP) is 3.67. The number of sulfonamides is 1. The van der Waals surface area contributed by atoms with E-state index in [1.165, 1.54) is 5.01 Å². The molecule has 2 saturated carbocycles. The smallest absolute Gasteiger partial charge is 0.422 e. The molecule has 3 aliphatic carbocycles. The zero-order valence-electron chi connectivity index (χ0n) is 27.9. The number of fused-ring (bicyclic) bond motifs is 2. The summed E-state index contributed by atoms with van der Waals surface area (Å²) in [5, 5.41) is 12.6. The average molecular weight is 698 g/mol. The van der Waals surface area contributed by atoms with E-state index in [-0.39, 0.29) is 18.9 Å². The van der Waals surface area contributed by atoms with Gasteiger partial charge in [0.05, 0.1) is 24.4 Å². The van der Waals surface area contributed by atoms with Crippen LogP contribution in [-0.4, -0.2) is 101 Å². The van der Waals surface area contributed by atoms with Crippen molar-refractivity contribution in [2.45, 2.75) is 94.7 Å². The van der Waals surface area contributed by atoms with Crippen LogP contribution in [0.25, 0.3) is 10.9 Å². The summed E-state index contributed by atoms with van der Waals surface area (Å²) in [6.45, 7) is 7.07. The fraction of sp³-hybridized carbons (Fsp3) is 0.559.